The molecule has 2 aromatic carbocycles. The van der Waals surface area contributed by atoms with Gasteiger partial charge in [0, 0.05) is 6.42 Å². The van der Waals surface area contributed by atoms with Crippen molar-refractivity contribution in [1.29, 1.82) is 0 Å². The highest BCUT2D eigenvalue weighted by molar-refractivity contribution is 5.92. The van der Waals surface area contributed by atoms with Crippen molar-refractivity contribution in [2.24, 2.45) is 5.92 Å². The molecule has 2 aromatic rings. The zero-order valence-corrected chi connectivity index (χ0v) is 17.5. The van der Waals surface area contributed by atoms with Gasteiger partial charge in [0.15, 0.2) is 0 Å². The summed E-state index contributed by atoms with van der Waals surface area (Å²) in [5.74, 6) is -0.686. The largest absolute Gasteiger partial charge is 0.496 e. The third-order valence-electron chi connectivity index (χ3n) is 4.41. The normalized spacial score (nSPS) is 11.6. The number of carbonyl (C=O) groups excluding carboxylic acids is 2. The summed E-state index contributed by atoms with van der Waals surface area (Å²) < 4.78 is 10.3. The Kier molecular flexibility index (Phi) is 9.11. The van der Waals surface area contributed by atoms with Gasteiger partial charge in [0.05, 0.1) is 14.2 Å². The Labute approximate surface area is 175 Å². The Morgan fingerprint density at radius 2 is 1.23 bits per heavy atom. The zero-order valence-electron chi connectivity index (χ0n) is 17.5. The fourth-order valence-corrected chi connectivity index (χ4v) is 2.50. The van der Waals surface area contributed by atoms with E-state index in [1.54, 1.807) is 36.4 Å². The molecule has 1 unspecified atom stereocenters. The molecule has 0 N–H and O–H groups in total. The number of carbonyl (C=O) groups is 2. The molecule has 0 amide bonds. The van der Waals surface area contributed by atoms with Gasteiger partial charge in [-0.1, -0.05) is 44.5 Å². The minimum atomic E-state index is -1.11. The zero-order chi connectivity index (χ0) is 21.9. The van der Waals surface area contributed by atoms with Gasteiger partial charge in [-0.25, -0.2) is 9.59 Å². The standard InChI is InChI=1S/C22H26O8/c1-5-15(2)14-20(27-29-21(23)16-10-6-8-12-18(16)25-3)28-30-22(24)17-11-7-9-13-19(17)26-4/h6-13,15,20H,5,14H2,1-4H3. The molecule has 0 aliphatic carbocycles. The smallest absolute Gasteiger partial charge is 0.376 e. The van der Waals surface area contributed by atoms with Crippen molar-refractivity contribution in [3.8, 4) is 11.5 Å². The maximum atomic E-state index is 12.3. The number of hydrogen-bond acceptors (Lipinski definition) is 8. The molecule has 1 atom stereocenters. The molecule has 0 aliphatic heterocycles. The highest BCUT2D eigenvalue weighted by Crippen LogP contribution is 2.22. The average Bonchev–Trinajstić information content (AvgIpc) is 2.79. The van der Waals surface area contributed by atoms with Gasteiger partial charge in [0.2, 0.25) is 6.29 Å². The van der Waals surface area contributed by atoms with Crippen molar-refractivity contribution >= 4 is 11.9 Å². The van der Waals surface area contributed by atoms with Crippen LogP contribution in [0.1, 0.15) is 47.4 Å². The van der Waals surface area contributed by atoms with E-state index in [1.807, 2.05) is 13.8 Å². The number of benzene rings is 2. The second-order valence-corrected chi connectivity index (χ2v) is 6.51. The van der Waals surface area contributed by atoms with E-state index in [0.717, 1.165) is 6.42 Å². The Morgan fingerprint density at radius 1 is 0.800 bits per heavy atom. The van der Waals surface area contributed by atoms with Crippen LogP contribution in [0, 0.1) is 5.92 Å². The lowest BCUT2D eigenvalue weighted by molar-refractivity contribution is -0.423. The van der Waals surface area contributed by atoms with Gasteiger partial charge in [-0.3, -0.25) is 9.78 Å². The lowest BCUT2D eigenvalue weighted by Gasteiger charge is -2.18. The first kappa shape index (κ1) is 23.2. The van der Waals surface area contributed by atoms with Crippen LogP contribution in [0.3, 0.4) is 0 Å². The molecule has 0 saturated heterocycles. The van der Waals surface area contributed by atoms with Crippen LogP contribution in [-0.2, 0) is 19.6 Å². The topological polar surface area (TPSA) is 89.5 Å². The van der Waals surface area contributed by atoms with Gasteiger partial charge in [-0.2, -0.15) is 0 Å². The summed E-state index contributed by atoms with van der Waals surface area (Å²) in [5.41, 5.74) is 0.376. The van der Waals surface area contributed by atoms with Crippen molar-refractivity contribution in [3.63, 3.8) is 0 Å². The average molecular weight is 418 g/mol. The van der Waals surface area contributed by atoms with Crippen molar-refractivity contribution in [1.82, 2.24) is 0 Å². The summed E-state index contributed by atoms with van der Waals surface area (Å²) in [4.78, 5) is 44.7. The fourth-order valence-electron chi connectivity index (χ4n) is 2.50. The van der Waals surface area contributed by atoms with Crippen LogP contribution in [-0.4, -0.2) is 32.4 Å². The van der Waals surface area contributed by atoms with Crippen LogP contribution in [0.4, 0.5) is 0 Å². The molecule has 0 saturated carbocycles. The van der Waals surface area contributed by atoms with E-state index >= 15 is 0 Å². The van der Waals surface area contributed by atoms with Crippen molar-refractivity contribution in [2.45, 2.75) is 33.0 Å². The van der Waals surface area contributed by atoms with E-state index in [-0.39, 0.29) is 17.0 Å². The van der Waals surface area contributed by atoms with Gasteiger partial charge in [0.25, 0.3) is 0 Å². The first-order valence-corrected chi connectivity index (χ1v) is 9.51. The summed E-state index contributed by atoms with van der Waals surface area (Å²) in [5, 5.41) is 0. The Hall–Kier alpha value is -3.10. The summed E-state index contributed by atoms with van der Waals surface area (Å²) in [6.07, 6.45) is 0.0382. The second-order valence-electron chi connectivity index (χ2n) is 6.51. The van der Waals surface area contributed by atoms with Gasteiger partial charge in [-0.15, -0.1) is 9.78 Å². The monoisotopic (exact) mass is 418 g/mol. The first-order chi connectivity index (χ1) is 14.5. The van der Waals surface area contributed by atoms with Crippen molar-refractivity contribution in [2.75, 3.05) is 14.2 Å². The minimum absolute atomic E-state index is 0.157. The van der Waals surface area contributed by atoms with E-state index in [0.29, 0.717) is 17.9 Å². The molecule has 0 fully saturated rings. The highest BCUT2D eigenvalue weighted by atomic mass is 17.3. The molecule has 8 heteroatoms. The summed E-state index contributed by atoms with van der Waals surface area (Å²) in [6, 6.07) is 13.1. The SMILES string of the molecule is CCC(C)CC(OOC(=O)c1ccccc1OC)OOC(=O)c1ccccc1OC. The van der Waals surface area contributed by atoms with Crippen molar-refractivity contribution in [3.05, 3.63) is 59.7 Å². The van der Waals surface area contributed by atoms with Gasteiger partial charge in [-0.05, 0) is 30.2 Å². The molecular formula is C22H26O8. The van der Waals surface area contributed by atoms with E-state index in [4.69, 9.17) is 29.0 Å². The summed E-state index contributed by atoms with van der Waals surface area (Å²) >= 11 is 0. The minimum Gasteiger partial charge on any atom is -0.496 e. The number of ether oxygens (including phenoxy) is 2. The predicted octanol–water partition coefficient (Wildman–Crippen LogP) is 4.34. The highest BCUT2D eigenvalue weighted by Gasteiger charge is 2.23. The Balaban J connectivity index is 2.01. The van der Waals surface area contributed by atoms with Gasteiger partial charge >= 0.3 is 11.9 Å². The maximum absolute atomic E-state index is 12.3. The van der Waals surface area contributed by atoms with Crippen LogP contribution in [0.25, 0.3) is 0 Å². The number of para-hydroxylation sites is 2. The first-order valence-electron chi connectivity index (χ1n) is 9.51. The van der Waals surface area contributed by atoms with Crippen molar-refractivity contribution < 1.29 is 38.6 Å². The van der Waals surface area contributed by atoms with Gasteiger partial charge in [0.1, 0.15) is 22.6 Å². The van der Waals surface area contributed by atoms with E-state index in [1.165, 1.54) is 26.4 Å². The molecule has 0 bridgehead atoms. The molecule has 8 nitrogen and oxygen atoms in total. The molecular weight excluding hydrogens is 392 g/mol. The molecule has 0 heterocycles. The summed E-state index contributed by atoms with van der Waals surface area (Å²) in [7, 11) is 2.89. The lowest BCUT2D eigenvalue weighted by atomic mass is 10.1. The quantitative estimate of drug-likeness (QED) is 0.302. The third kappa shape index (κ3) is 6.47. The van der Waals surface area contributed by atoms with Crippen LogP contribution < -0.4 is 9.47 Å². The van der Waals surface area contributed by atoms with Gasteiger partial charge < -0.3 is 9.47 Å². The van der Waals surface area contributed by atoms with Crippen LogP contribution in [0.5, 0.6) is 11.5 Å². The number of methoxy groups -OCH3 is 2. The molecule has 0 aromatic heterocycles. The third-order valence-corrected chi connectivity index (χ3v) is 4.41. The van der Waals surface area contributed by atoms with E-state index in [9.17, 15) is 9.59 Å². The molecule has 0 aliphatic rings. The van der Waals surface area contributed by atoms with E-state index in [2.05, 4.69) is 0 Å². The molecule has 30 heavy (non-hydrogen) atoms. The van der Waals surface area contributed by atoms with Crippen LogP contribution in [0.2, 0.25) is 0 Å². The fraction of sp³-hybridized carbons (Fsp3) is 0.364. The number of hydrogen-bond donors (Lipinski definition) is 0. The second kappa shape index (κ2) is 11.8. The molecule has 162 valence electrons. The lowest BCUT2D eigenvalue weighted by Crippen LogP contribution is -2.24. The molecule has 0 radical (unpaired) electrons. The maximum Gasteiger partial charge on any atom is 0.376 e. The predicted molar refractivity (Wildman–Crippen MR) is 107 cm³/mol. The van der Waals surface area contributed by atoms with Crippen LogP contribution >= 0.6 is 0 Å². The molecule has 0 spiro atoms. The summed E-state index contributed by atoms with van der Waals surface area (Å²) in [6.45, 7) is 3.95. The van der Waals surface area contributed by atoms with E-state index < -0.39 is 18.2 Å². The number of rotatable bonds is 11. The molecule has 2 rings (SSSR count). The Morgan fingerprint density at radius 3 is 1.63 bits per heavy atom. The van der Waals surface area contributed by atoms with Crippen LogP contribution in [0.15, 0.2) is 48.5 Å². The Bertz CT molecular complexity index is 772.